The topological polar surface area (TPSA) is 42.0 Å². The van der Waals surface area contributed by atoms with Crippen molar-refractivity contribution in [3.63, 3.8) is 0 Å². The van der Waals surface area contributed by atoms with E-state index in [2.05, 4.69) is 17.4 Å². The van der Waals surface area contributed by atoms with Gasteiger partial charge in [-0.15, -0.1) is 0 Å². The molecule has 1 amide bonds. The zero-order valence-electron chi connectivity index (χ0n) is 18.4. The molecule has 156 valence electrons. The highest BCUT2D eigenvalue weighted by molar-refractivity contribution is 6.30. The summed E-state index contributed by atoms with van der Waals surface area (Å²) in [4.78, 5) is 18.5. The van der Waals surface area contributed by atoms with Crippen molar-refractivity contribution in [1.29, 1.82) is 0 Å². The van der Waals surface area contributed by atoms with Crippen molar-refractivity contribution in [2.75, 3.05) is 5.32 Å². The molecule has 3 nitrogen and oxygen atoms in total. The summed E-state index contributed by atoms with van der Waals surface area (Å²) in [7, 11) is 0. The Morgan fingerprint density at radius 1 is 0.839 bits per heavy atom. The highest BCUT2D eigenvalue weighted by atomic mass is 35.5. The standard InChI is InChI=1S/C27H25ClN2O/c1-15-10-16(2)13-22(12-15)29-27(31)24-19(5)26(20-6-8-21(28)9-7-20)30-25-18(4)11-17(3)14-23(24)25/h6-14H,1-5H3,(H,29,31). The average molecular weight is 429 g/mol. The van der Waals surface area contributed by atoms with Crippen LogP contribution in [0.15, 0.2) is 54.6 Å². The highest BCUT2D eigenvalue weighted by Crippen LogP contribution is 2.33. The summed E-state index contributed by atoms with van der Waals surface area (Å²) in [6, 6.07) is 17.8. The van der Waals surface area contributed by atoms with Gasteiger partial charge < -0.3 is 5.32 Å². The molecule has 0 atom stereocenters. The number of fused-ring (bicyclic) bond motifs is 1. The number of nitrogens with one attached hydrogen (secondary N) is 1. The zero-order chi connectivity index (χ0) is 22.3. The Kier molecular flexibility index (Phi) is 5.55. The van der Waals surface area contributed by atoms with Crippen LogP contribution in [-0.2, 0) is 0 Å². The van der Waals surface area contributed by atoms with Crippen LogP contribution in [0.3, 0.4) is 0 Å². The van der Waals surface area contributed by atoms with Gasteiger partial charge in [0, 0.05) is 21.7 Å². The molecular weight excluding hydrogens is 404 g/mol. The van der Waals surface area contributed by atoms with Gasteiger partial charge in [-0.2, -0.15) is 0 Å². The van der Waals surface area contributed by atoms with Gasteiger partial charge in [0.15, 0.2) is 0 Å². The van der Waals surface area contributed by atoms with E-state index in [0.29, 0.717) is 10.6 Å². The summed E-state index contributed by atoms with van der Waals surface area (Å²) in [6.45, 7) is 10.1. The van der Waals surface area contributed by atoms with Crippen LogP contribution in [0.2, 0.25) is 5.02 Å². The van der Waals surface area contributed by atoms with Crippen molar-refractivity contribution in [2.45, 2.75) is 34.6 Å². The zero-order valence-corrected chi connectivity index (χ0v) is 19.2. The van der Waals surface area contributed by atoms with E-state index < -0.39 is 0 Å². The van der Waals surface area contributed by atoms with Crippen LogP contribution in [0.25, 0.3) is 22.2 Å². The lowest BCUT2D eigenvalue weighted by molar-refractivity contribution is 0.102. The SMILES string of the molecule is Cc1cc(C)cc(NC(=O)c2c(C)c(-c3ccc(Cl)cc3)nc3c(C)cc(C)cc23)c1. The van der Waals surface area contributed by atoms with Crippen LogP contribution in [0.5, 0.6) is 0 Å². The largest absolute Gasteiger partial charge is 0.322 e. The predicted octanol–water partition coefficient (Wildman–Crippen LogP) is 7.35. The number of anilines is 1. The van der Waals surface area contributed by atoms with Crippen LogP contribution < -0.4 is 5.32 Å². The maximum atomic E-state index is 13.6. The number of carbonyl (C=O) groups excluding carboxylic acids is 1. The lowest BCUT2D eigenvalue weighted by Gasteiger charge is -2.17. The second-order valence-electron chi connectivity index (χ2n) is 8.28. The summed E-state index contributed by atoms with van der Waals surface area (Å²) >= 11 is 6.09. The monoisotopic (exact) mass is 428 g/mol. The summed E-state index contributed by atoms with van der Waals surface area (Å²) < 4.78 is 0. The Morgan fingerprint density at radius 3 is 2.10 bits per heavy atom. The molecule has 0 aliphatic heterocycles. The molecule has 0 spiro atoms. The molecule has 0 aliphatic rings. The number of rotatable bonds is 3. The molecule has 1 N–H and O–H groups in total. The molecule has 0 saturated heterocycles. The normalized spacial score (nSPS) is 11.0. The van der Waals surface area contributed by atoms with Crippen LogP contribution >= 0.6 is 11.6 Å². The van der Waals surface area contributed by atoms with Crippen molar-refractivity contribution >= 4 is 34.1 Å². The van der Waals surface area contributed by atoms with Crippen molar-refractivity contribution < 1.29 is 4.79 Å². The fourth-order valence-electron chi connectivity index (χ4n) is 4.24. The van der Waals surface area contributed by atoms with Crippen molar-refractivity contribution in [3.05, 3.63) is 93.0 Å². The number of amides is 1. The number of nitrogens with zero attached hydrogens (tertiary/aromatic N) is 1. The number of aryl methyl sites for hydroxylation is 4. The van der Waals surface area contributed by atoms with Gasteiger partial charge in [-0.1, -0.05) is 41.4 Å². The third-order valence-electron chi connectivity index (χ3n) is 5.49. The molecule has 0 aliphatic carbocycles. The molecule has 4 rings (SSSR count). The van der Waals surface area contributed by atoms with E-state index in [4.69, 9.17) is 16.6 Å². The van der Waals surface area contributed by atoms with E-state index in [1.807, 2.05) is 77.1 Å². The van der Waals surface area contributed by atoms with E-state index in [1.54, 1.807) is 0 Å². The number of hydrogen-bond acceptors (Lipinski definition) is 2. The van der Waals surface area contributed by atoms with Crippen LogP contribution in [0, 0.1) is 34.6 Å². The summed E-state index contributed by atoms with van der Waals surface area (Å²) in [6.07, 6.45) is 0. The summed E-state index contributed by atoms with van der Waals surface area (Å²) in [5.41, 5.74) is 9.24. The third kappa shape index (κ3) is 4.19. The molecule has 1 aromatic heterocycles. The average Bonchev–Trinajstić information content (AvgIpc) is 2.67. The molecule has 0 saturated carbocycles. The summed E-state index contributed by atoms with van der Waals surface area (Å²) in [5, 5.41) is 4.65. The first-order valence-electron chi connectivity index (χ1n) is 10.3. The minimum Gasteiger partial charge on any atom is -0.322 e. The third-order valence-corrected chi connectivity index (χ3v) is 5.74. The van der Waals surface area contributed by atoms with Gasteiger partial charge in [0.1, 0.15) is 0 Å². The van der Waals surface area contributed by atoms with Gasteiger partial charge in [-0.3, -0.25) is 4.79 Å². The quantitative estimate of drug-likeness (QED) is 0.370. The Hall–Kier alpha value is -3.17. The molecule has 31 heavy (non-hydrogen) atoms. The van der Waals surface area contributed by atoms with E-state index >= 15 is 0 Å². The second kappa shape index (κ2) is 8.16. The molecule has 0 fully saturated rings. The Bertz CT molecular complexity index is 1300. The molecule has 0 bridgehead atoms. The van der Waals surface area contributed by atoms with Crippen LogP contribution in [0.4, 0.5) is 5.69 Å². The van der Waals surface area contributed by atoms with Crippen molar-refractivity contribution in [1.82, 2.24) is 4.98 Å². The number of benzene rings is 3. The molecule has 3 aromatic carbocycles. The lowest BCUT2D eigenvalue weighted by Crippen LogP contribution is -2.16. The van der Waals surface area contributed by atoms with E-state index in [1.165, 1.54) is 0 Å². The molecule has 1 heterocycles. The maximum absolute atomic E-state index is 13.6. The fourth-order valence-corrected chi connectivity index (χ4v) is 4.36. The Labute approximate surface area is 188 Å². The lowest BCUT2D eigenvalue weighted by atomic mass is 9.94. The number of halogens is 1. The number of carbonyl (C=O) groups is 1. The summed E-state index contributed by atoms with van der Waals surface area (Å²) in [5.74, 6) is -0.130. The minimum absolute atomic E-state index is 0.130. The molecule has 4 heteroatoms. The first kappa shape index (κ1) is 21.1. The van der Waals surface area contributed by atoms with Gasteiger partial charge >= 0.3 is 0 Å². The van der Waals surface area contributed by atoms with Gasteiger partial charge in [0.25, 0.3) is 5.91 Å². The van der Waals surface area contributed by atoms with Gasteiger partial charge in [0.2, 0.25) is 0 Å². The first-order valence-corrected chi connectivity index (χ1v) is 10.7. The Morgan fingerprint density at radius 2 is 1.45 bits per heavy atom. The van der Waals surface area contributed by atoms with Crippen molar-refractivity contribution in [3.8, 4) is 11.3 Å². The number of aromatic nitrogens is 1. The Balaban J connectivity index is 1.94. The van der Waals surface area contributed by atoms with Crippen LogP contribution in [0.1, 0.15) is 38.2 Å². The molecule has 0 unspecified atom stereocenters. The maximum Gasteiger partial charge on any atom is 0.256 e. The predicted molar refractivity (Wildman–Crippen MR) is 130 cm³/mol. The van der Waals surface area contributed by atoms with E-state index in [9.17, 15) is 4.79 Å². The van der Waals surface area contributed by atoms with Gasteiger partial charge in [-0.05, 0) is 87.2 Å². The second-order valence-corrected chi connectivity index (χ2v) is 8.71. The van der Waals surface area contributed by atoms with Crippen LogP contribution in [-0.4, -0.2) is 10.9 Å². The first-order chi connectivity index (χ1) is 14.7. The van der Waals surface area contributed by atoms with E-state index in [0.717, 1.165) is 55.7 Å². The number of pyridine rings is 1. The minimum atomic E-state index is -0.130. The smallest absolute Gasteiger partial charge is 0.256 e. The van der Waals surface area contributed by atoms with Gasteiger partial charge in [-0.25, -0.2) is 4.98 Å². The molecule has 4 aromatic rings. The van der Waals surface area contributed by atoms with Crippen molar-refractivity contribution in [2.24, 2.45) is 0 Å². The number of hydrogen-bond donors (Lipinski definition) is 1. The molecule has 0 radical (unpaired) electrons. The highest BCUT2D eigenvalue weighted by Gasteiger charge is 2.20. The van der Waals surface area contributed by atoms with Gasteiger partial charge in [0.05, 0.1) is 16.8 Å². The van der Waals surface area contributed by atoms with E-state index in [-0.39, 0.29) is 5.91 Å². The fraction of sp³-hybridized carbons (Fsp3) is 0.185. The molecular formula is C27H25ClN2O.